The van der Waals surface area contributed by atoms with Gasteiger partial charge in [-0.3, -0.25) is 0 Å². The van der Waals surface area contributed by atoms with Gasteiger partial charge < -0.3 is 4.40 Å². The number of aromatic nitrogens is 4. The van der Waals surface area contributed by atoms with E-state index in [1.54, 1.807) is 0 Å². The van der Waals surface area contributed by atoms with Crippen molar-refractivity contribution in [1.29, 1.82) is 0 Å². The maximum absolute atomic E-state index is 5.12. The number of hydrogen-bond acceptors (Lipinski definition) is 4. The molecule has 44 heavy (non-hydrogen) atoms. The summed E-state index contributed by atoms with van der Waals surface area (Å²) in [5.41, 5.74) is 6.51. The molecule has 0 bridgehead atoms. The van der Waals surface area contributed by atoms with Gasteiger partial charge in [0.15, 0.2) is 17.5 Å². The maximum atomic E-state index is 5.12. The molecule has 0 spiro atoms. The van der Waals surface area contributed by atoms with Crippen molar-refractivity contribution in [3.63, 3.8) is 0 Å². The molecule has 5 heteroatoms. The molecule has 4 nitrogen and oxygen atoms in total. The zero-order chi connectivity index (χ0) is 28.8. The molecular weight excluding hydrogens is 557 g/mol. The van der Waals surface area contributed by atoms with Crippen LogP contribution in [0.5, 0.6) is 0 Å². The van der Waals surface area contributed by atoms with Crippen molar-refractivity contribution in [2.45, 2.75) is 0 Å². The van der Waals surface area contributed by atoms with Crippen LogP contribution in [0.15, 0.2) is 133 Å². The maximum Gasteiger partial charge on any atom is 0.164 e. The van der Waals surface area contributed by atoms with Gasteiger partial charge in [-0.05, 0) is 29.7 Å². The average molecular weight is 579 g/mol. The predicted octanol–water partition coefficient (Wildman–Crippen LogP) is 10.4. The summed E-state index contributed by atoms with van der Waals surface area (Å²) in [6.45, 7) is 0. The van der Waals surface area contributed by atoms with Crippen LogP contribution in [0.3, 0.4) is 0 Å². The third kappa shape index (κ3) is 3.24. The van der Waals surface area contributed by atoms with Crippen molar-refractivity contribution < 1.29 is 0 Å². The molecule has 0 aliphatic heterocycles. The van der Waals surface area contributed by atoms with Crippen LogP contribution in [0.1, 0.15) is 0 Å². The Kier molecular flexibility index (Phi) is 4.84. The lowest BCUT2D eigenvalue weighted by atomic mass is 10.0. The zero-order valence-corrected chi connectivity index (χ0v) is 24.2. The van der Waals surface area contributed by atoms with Gasteiger partial charge in [0.25, 0.3) is 0 Å². The fourth-order valence-corrected chi connectivity index (χ4v) is 8.08. The summed E-state index contributed by atoms with van der Waals surface area (Å²) in [6, 6.07) is 47.0. The highest BCUT2D eigenvalue weighted by Crippen LogP contribution is 2.47. The van der Waals surface area contributed by atoms with Crippen LogP contribution in [0, 0.1) is 0 Å². The van der Waals surface area contributed by atoms with E-state index in [0.29, 0.717) is 17.5 Å². The Balaban J connectivity index is 1.39. The highest BCUT2D eigenvalue weighted by Gasteiger charge is 2.23. The highest BCUT2D eigenvalue weighted by molar-refractivity contribution is 7.26. The first-order chi connectivity index (χ1) is 21.8. The molecule has 0 N–H and O–H groups in total. The van der Waals surface area contributed by atoms with Crippen LogP contribution in [0.25, 0.3) is 92.4 Å². The van der Waals surface area contributed by atoms with E-state index >= 15 is 0 Å². The van der Waals surface area contributed by atoms with Crippen molar-refractivity contribution in [2.75, 3.05) is 0 Å². The SMILES string of the molecule is c1ccc(-c2nc(-c3ccccc3)nc(-c3cccc4c3c3ccc5sc6cccc7c8ccccc8n4c3c5c67)n2)cc1. The van der Waals surface area contributed by atoms with Crippen LogP contribution in [0.2, 0.25) is 0 Å². The summed E-state index contributed by atoms with van der Waals surface area (Å²) in [6.07, 6.45) is 0. The molecule has 4 heterocycles. The molecule has 0 saturated carbocycles. The van der Waals surface area contributed by atoms with E-state index in [2.05, 4.69) is 101 Å². The van der Waals surface area contributed by atoms with E-state index in [1.165, 1.54) is 47.4 Å². The van der Waals surface area contributed by atoms with Gasteiger partial charge in [0, 0.05) is 53.0 Å². The minimum absolute atomic E-state index is 0.664. The second-order valence-corrected chi connectivity index (χ2v) is 12.3. The lowest BCUT2D eigenvalue weighted by Crippen LogP contribution is -2.00. The van der Waals surface area contributed by atoms with E-state index in [-0.39, 0.29) is 0 Å². The molecule has 4 aromatic heterocycles. The summed E-state index contributed by atoms with van der Waals surface area (Å²) in [5.74, 6) is 2.00. The van der Waals surface area contributed by atoms with E-state index < -0.39 is 0 Å². The Bertz CT molecular complexity index is 2630. The lowest BCUT2D eigenvalue weighted by molar-refractivity contribution is 1.08. The molecule has 0 radical (unpaired) electrons. The van der Waals surface area contributed by atoms with Crippen LogP contribution < -0.4 is 0 Å². The first-order valence-corrected chi connectivity index (χ1v) is 15.5. The van der Waals surface area contributed by atoms with Crippen molar-refractivity contribution in [2.24, 2.45) is 0 Å². The second kappa shape index (κ2) is 8.93. The molecule has 0 saturated heterocycles. The topological polar surface area (TPSA) is 43.1 Å². The zero-order valence-electron chi connectivity index (χ0n) is 23.4. The van der Waals surface area contributed by atoms with E-state index in [9.17, 15) is 0 Å². The fraction of sp³-hybridized carbons (Fsp3) is 0. The number of rotatable bonds is 3. The van der Waals surface area contributed by atoms with Crippen molar-refractivity contribution in [3.05, 3.63) is 133 Å². The van der Waals surface area contributed by atoms with Crippen molar-refractivity contribution in [1.82, 2.24) is 19.4 Å². The molecule has 10 aromatic rings. The predicted molar refractivity (Wildman–Crippen MR) is 184 cm³/mol. The molecule has 0 amide bonds. The van der Waals surface area contributed by atoms with Gasteiger partial charge in [0.05, 0.1) is 16.6 Å². The Morgan fingerprint density at radius 1 is 0.409 bits per heavy atom. The first kappa shape index (κ1) is 23.9. The quantitative estimate of drug-likeness (QED) is 0.209. The smallest absolute Gasteiger partial charge is 0.164 e. The van der Waals surface area contributed by atoms with Crippen molar-refractivity contribution >= 4 is 69.6 Å². The van der Waals surface area contributed by atoms with E-state index in [1.807, 2.05) is 47.7 Å². The van der Waals surface area contributed by atoms with E-state index in [4.69, 9.17) is 15.0 Å². The number of hydrogen-bond donors (Lipinski definition) is 0. The molecule has 0 fully saturated rings. The van der Waals surface area contributed by atoms with Gasteiger partial charge in [0.1, 0.15) is 0 Å². The minimum atomic E-state index is 0.664. The van der Waals surface area contributed by atoms with Gasteiger partial charge in [-0.25, -0.2) is 15.0 Å². The summed E-state index contributed by atoms with van der Waals surface area (Å²) in [5, 5.41) is 7.56. The summed E-state index contributed by atoms with van der Waals surface area (Å²) < 4.78 is 5.09. The van der Waals surface area contributed by atoms with E-state index in [0.717, 1.165) is 27.6 Å². The number of para-hydroxylation sites is 1. The molecule has 0 atom stereocenters. The standard InChI is InChI=1S/C39H22N4S/c1-3-11-23(12-4-1)37-40-38(24-13-5-2-6-14-24)42-39(41-37)28-17-9-19-30-33(28)27-21-22-32-35-34-26(16-10-20-31(34)44-32)25-15-7-8-18-29(25)43(30)36(27)35/h1-22H. The van der Waals surface area contributed by atoms with Crippen molar-refractivity contribution in [3.8, 4) is 34.2 Å². The first-order valence-electron chi connectivity index (χ1n) is 14.7. The van der Waals surface area contributed by atoms with Gasteiger partial charge in [0.2, 0.25) is 0 Å². The minimum Gasteiger partial charge on any atom is -0.308 e. The molecule has 0 aliphatic rings. The van der Waals surface area contributed by atoms with Gasteiger partial charge in [-0.1, -0.05) is 109 Å². The van der Waals surface area contributed by atoms with Crippen LogP contribution >= 0.6 is 11.3 Å². The number of thiophene rings is 1. The Morgan fingerprint density at radius 3 is 1.80 bits per heavy atom. The van der Waals surface area contributed by atoms with Crippen LogP contribution in [-0.4, -0.2) is 19.4 Å². The summed E-state index contributed by atoms with van der Waals surface area (Å²) in [4.78, 5) is 15.2. The Morgan fingerprint density at radius 2 is 1.02 bits per heavy atom. The van der Waals surface area contributed by atoms with Gasteiger partial charge >= 0.3 is 0 Å². The second-order valence-electron chi connectivity index (χ2n) is 11.2. The fourth-order valence-electron chi connectivity index (χ4n) is 6.94. The monoisotopic (exact) mass is 578 g/mol. The molecule has 0 unspecified atom stereocenters. The number of fused-ring (bicyclic) bond motifs is 6. The highest BCUT2D eigenvalue weighted by atomic mass is 32.1. The third-order valence-corrected chi connectivity index (χ3v) is 9.91. The molecule has 0 aliphatic carbocycles. The summed E-state index contributed by atoms with van der Waals surface area (Å²) >= 11 is 1.87. The van der Waals surface area contributed by atoms with Crippen LogP contribution in [0.4, 0.5) is 0 Å². The molecule has 6 aromatic carbocycles. The number of nitrogens with zero attached hydrogens (tertiary/aromatic N) is 4. The van der Waals surface area contributed by atoms with Gasteiger partial charge in [-0.15, -0.1) is 11.3 Å². The van der Waals surface area contributed by atoms with Gasteiger partial charge in [-0.2, -0.15) is 0 Å². The third-order valence-electron chi connectivity index (χ3n) is 8.79. The lowest BCUT2D eigenvalue weighted by Gasteiger charge is -2.09. The molecular formula is C39H22N4S. The molecule has 10 rings (SSSR count). The average Bonchev–Trinajstić information content (AvgIpc) is 3.60. The van der Waals surface area contributed by atoms with Crippen LogP contribution in [-0.2, 0) is 0 Å². The molecule has 204 valence electrons. The number of benzene rings is 6. The summed E-state index contributed by atoms with van der Waals surface area (Å²) in [7, 11) is 0. The largest absolute Gasteiger partial charge is 0.308 e. The Hall–Kier alpha value is -5.65. The Labute approximate surface area is 255 Å². The normalized spacial score (nSPS) is 12.1.